The van der Waals surface area contributed by atoms with Crippen molar-refractivity contribution in [3.05, 3.63) is 23.8 Å². The van der Waals surface area contributed by atoms with E-state index < -0.39 is 58.7 Å². The van der Waals surface area contributed by atoms with Crippen LogP contribution in [-0.4, -0.2) is 47.9 Å². The van der Waals surface area contributed by atoms with Crippen molar-refractivity contribution in [2.45, 2.75) is 126 Å². The molecule has 0 fully saturated rings. The third-order valence-electron chi connectivity index (χ3n) is 7.50. The number of ether oxygens (including phenoxy) is 5. The van der Waals surface area contributed by atoms with E-state index in [9.17, 15) is 19.2 Å². The minimum atomic E-state index is -1.07. The van der Waals surface area contributed by atoms with Gasteiger partial charge in [-0.15, -0.1) is 0 Å². The van der Waals surface area contributed by atoms with Gasteiger partial charge in [0.25, 0.3) is 0 Å². The number of hydrogen-bond acceptors (Lipinski definition) is 10. The Balaban J connectivity index is 3.03. The first kappa shape index (κ1) is 35.9. The molecule has 0 aromatic heterocycles. The van der Waals surface area contributed by atoms with E-state index in [1.165, 1.54) is 12.1 Å². The number of esters is 3. The van der Waals surface area contributed by atoms with E-state index in [-0.39, 0.29) is 17.9 Å². The van der Waals surface area contributed by atoms with Gasteiger partial charge in [-0.25, -0.2) is 4.79 Å². The van der Waals surface area contributed by atoms with Crippen LogP contribution in [0.2, 0.25) is 0 Å². The molecular weight excluding hydrogens is 530 g/mol. The molecule has 0 amide bonds. The fourth-order valence-electron chi connectivity index (χ4n) is 2.88. The molecule has 0 heterocycles. The fourth-order valence-corrected chi connectivity index (χ4v) is 2.88. The molecule has 1 aromatic carbocycles. The lowest BCUT2D eigenvalue weighted by Gasteiger charge is -2.26. The third kappa shape index (κ3) is 11.0. The first-order valence-corrected chi connectivity index (χ1v) is 14.2. The molecule has 0 aliphatic rings. The van der Waals surface area contributed by atoms with Crippen molar-refractivity contribution >= 4 is 24.1 Å². The third-order valence-corrected chi connectivity index (χ3v) is 7.50. The van der Waals surface area contributed by atoms with Gasteiger partial charge in [-0.3, -0.25) is 14.4 Å². The molecule has 0 spiro atoms. The lowest BCUT2D eigenvalue weighted by atomic mass is 9.90. The monoisotopic (exact) mass is 579 g/mol. The van der Waals surface area contributed by atoms with Crippen molar-refractivity contribution in [2.24, 2.45) is 16.6 Å². The Hall–Kier alpha value is -3.14. The Morgan fingerprint density at radius 2 is 1.24 bits per heavy atom. The van der Waals surface area contributed by atoms with Gasteiger partial charge < -0.3 is 29.4 Å². The van der Waals surface area contributed by atoms with Crippen molar-refractivity contribution in [2.75, 3.05) is 0 Å². The molecule has 0 bridgehead atoms. The minimum absolute atomic E-state index is 0.0456. The van der Waals surface area contributed by atoms with Crippen LogP contribution in [0, 0.1) is 10.8 Å². The van der Waals surface area contributed by atoms with Gasteiger partial charge in [0, 0.05) is 0 Å². The molecule has 1 unspecified atom stereocenters. The molecule has 41 heavy (non-hydrogen) atoms. The summed E-state index contributed by atoms with van der Waals surface area (Å²) < 4.78 is 27.2. The zero-order valence-corrected chi connectivity index (χ0v) is 26.5. The molecule has 0 saturated carbocycles. The van der Waals surface area contributed by atoms with Gasteiger partial charge in [-0.2, -0.15) is 0 Å². The van der Waals surface area contributed by atoms with Crippen LogP contribution in [0.15, 0.2) is 18.2 Å². The van der Waals surface area contributed by atoms with Crippen molar-refractivity contribution in [3.8, 4) is 11.5 Å². The molecule has 2 N–H and O–H groups in total. The predicted octanol–water partition coefficient (Wildman–Crippen LogP) is 5.90. The molecule has 1 aromatic rings. The maximum absolute atomic E-state index is 12.8. The Labute approximate surface area is 244 Å². The molecule has 10 heteroatoms. The smallest absolute Gasteiger partial charge is 0.458 e. The average Bonchev–Trinajstić information content (AvgIpc) is 2.89. The first-order chi connectivity index (χ1) is 18.8. The number of hydrogen-bond donors (Lipinski definition) is 1. The molecule has 0 aliphatic carbocycles. The Kier molecular flexibility index (Phi) is 12.8. The summed E-state index contributed by atoms with van der Waals surface area (Å²) in [5.41, 5.74) is 4.50. The highest BCUT2D eigenvalue weighted by Crippen LogP contribution is 2.34. The van der Waals surface area contributed by atoms with Gasteiger partial charge >= 0.3 is 24.1 Å². The number of benzene rings is 1. The van der Waals surface area contributed by atoms with Crippen LogP contribution in [0.25, 0.3) is 0 Å². The van der Waals surface area contributed by atoms with Crippen LogP contribution in [0.3, 0.4) is 0 Å². The summed E-state index contributed by atoms with van der Waals surface area (Å²) in [7, 11) is 0. The molecule has 1 rings (SSSR count). The standard InChI is InChI=1S/C31H49NO9/c1-12-29(6,7)26(34)39-23-16-15-21(18-24(23)40-27(35)30(8,9)13-2)17-22(32)25(33)37-19(4)20(5)38-28(36)41-31(10,11)14-3/h15-16,18-20,22H,12-14,17,32H2,1-11H3/t19-,20?,22-/m0/s1. The van der Waals surface area contributed by atoms with Crippen LogP contribution in [0.4, 0.5) is 4.79 Å². The average molecular weight is 580 g/mol. The summed E-state index contributed by atoms with van der Waals surface area (Å²) in [5.74, 6) is -1.52. The molecular formula is C31H49NO9. The Bertz CT molecular complexity index is 1080. The summed E-state index contributed by atoms with van der Waals surface area (Å²) in [6.07, 6.45) is -0.680. The van der Waals surface area contributed by atoms with Crippen molar-refractivity contribution in [1.82, 2.24) is 0 Å². The topological polar surface area (TPSA) is 140 Å². The van der Waals surface area contributed by atoms with Gasteiger partial charge in [-0.1, -0.05) is 26.8 Å². The van der Waals surface area contributed by atoms with E-state index in [1.54, 1.807) is 61.5 Å². The molecule has 232 valence electrons. The summed E-state index contributed by atoms with van der Waals surface area (Å²) in [5, 5.41) is 0. The van der Waals surface area contributed by atoms with E-state index >= 15 is 0 Å². The van der Waals surface area contributed by atoms with Gasteiger partial charge in [0.1, 0.15) is 23.9 Å². The van der Waals surface area contributed by atoms with Gasteiger partial charge in [0.2, 0.25) is 0 Å². The van der Waals surface area contributed by atoms with Crippen LogP contribution < -0.4 is 15.2 Å². The summed E-state index contributed by atoms with van der Waals surface area (Å²) >= 11 is 0. The van der Waals surface area contributed by atoms with E-state index in [1.807, 2.05) is 20.8 Å². The van der Waals surface area contributed by atoms with Crippen LogP contribution in [0.1, 0.15) is 101 Å². The van der Waals surface area contributed by atoms with E-state index in [4.69, 9.17) is 29.4 Å². The number of rotatable bonds is 14. The van der Waals surface area contributed by atoms with Crippen LogP contribution >= 0.6 is 0 Å². The SMILES string of the molecule is CCC(C)(C)OC(=O)OC(C)[C@H](C)OC(=O)[C@@H](N)Cc1ccc(OC(=O)C(C)(C)CC)c(OC(=O)C(C)(C)CC)c1. The summed E-state index contributed by atoms with van der Waals surface area (Å²) in [6, 6.07) is 3.61. The second kappa shape index (κ2) is 14.7. The minimum Gasteiger partial charge on any atom is -0.458 e. The molecule has 3 atom stereocenters. The molecule has 0 saturated heterocycles. The van der Waals surface area contributed by atoms with Crippen molar-refractivity contribution in [1.29, 1.82) is 0 Å². The van der Waals surface area contributed by atoms with E-state index in [2.05, 4.69) is 0 Å². The van der Waals surface area contributed by atoms with Crippen molar-refractivity contribution in [3.63, 3.8) is 0 Å². The highest BCUT2D eigenvalue weighted by molar-refractivity contribution is 5.81. The number of carbonyl (C=O) groups is 4. The Morgan fingerprint density at radius 1 is 0.756 bits per heavy atom. The second-order valence-electron chi connectivity index (χ2n) is 12.3. The van der Waals surface area contributed by atoms with E-state index in [0.29, 0.717) is 24.8 Å². The predicted molar refractivity (Wildman–Crippen MR) is 154 cm³/mol. The zero-order valence-electron chi connectivity index (χ0n) is 26.5. The maximum atomic E-state index is 12.8. The lowest BCUT2D eigenvalue weighted by Crippen LogP contribution is -2.40. The normalized spacial score (nSPS) is 14.3. The van der Waals surface area contributed by atoms with Crippen LogP contribution in [0.5, 0.6) is 11.5 Å². The maximum Gasteiger partial charge on any atom is 0.509 e. The highest BCUT2D eigenvalue weighted by Gasteiger charge is 2.32. The summed E-state index contributed by atoms with van der Waals surface area (Å²) in [6.45, 7) is 19.4. The van der Waals surface area contributed by atoms with Gasteiger partial charge in [0.05, 0.1) is 10.8 Å². The highest BCUT2D eigenvalue weighted by atomic mass is 16.7. The van der Waals surface area contributed by atoms with Crippen molar-refractivity contribution < 1.29 is 42.9 Å². The summed E-state index contributed by atoms with van der Waals surface area (Å²) in [4.78, 5) is 50.4. The number of nitrogens with two attached hydrogens (primary N) is 1. The zero-order chi connectivity index (χ0) is 31.8. The molecule has 10 nitrogen and oxygen atoms in total. The quantitative estimate of drug-likeness (QED) is 0.209. The fraction of sp³-hybridized carbons (Fsp3) is 0.677. The molecule has 0 radical (unpaired) electrons. The van der Waals surface area contributed by atoms with E-state index in [0.717, 1.165) is 0 Å². The largest absolute Gasteiger partial charge is 0.509 e. The van der Waals surface area contributed by atoms with Gasteiger partial charge in [-0.05, 0) is 98.8 Å². The molecule has 0 aliphatic heterocycles. The Morgan fingerprint density at radius 3 is 1.73 bits per heavy atom. The van der Waals surface area contributed by atoms with Gasteiger partial charge in [0.15, 0.2) is 11.5 Å². The lowest BCUT2D eigenvalue weighted by molar-refractivity contribution is -0.156. The van der Waals surface area contributed by atoms with Crippen LogP contribution in [-0.2, 0) is 35.0 Å². The second-order valence-corrected chi connectivity index (χ2v) is 12.3. The first-order valence-electron chi connectivity index (χ1n) is 14.2. The number of carbonyl (C=O) groups excluding carboxylic acids is 4.